The van der Waals surface area contributed by atoms with Crippen molar-refractivity contribution in [2.75, 3.05) is 23.8 Å². The maximum atomic E-state index is 13.0. The molecule has 2 aliphatic carbocycles. The number of aromatic amines is 1. The Hall–Kier alpha value is -3.09. The van der Waals surface area contributed by atoms with Gasteiger partial charge in [-0.1, -0.05) is 6.42 Å². The van der Waals surface area contributed by atoms with Crippen LogP contribution < -0.4 is 21.3 Å². The molecule has 37 heavy (non-hydrogen) atoms. The van der Waals surface area contributed by atoms with Crippen molar-refractivity contribution in [1.82, 2.24) is 30.8 Å². The van der Waals surface area contributed by atoms with E-state index in [-0.39, 0.29) is 31.0 Å². The van der Waals surface area contributed by atoms with Crippen LogP contribution in [0.1, 0.15) is 63.0 Å². The lowest BCUT2D eigenvalue weighted by molar-refractivity contribution is -0.183. The van der Waals surface area contributed by atoms with Gasteiger partial charge in [-0.15, -0.1) is 0 Å². The smallest absolute Gasteiger partial charge is 0.380 e. The molecule has 202 valence electrons. The van der Waals surface area contributed by atoms with Gasteiger partial charge in [0.1, 0.15) is 5.82 Å². The van der Waals surface area contributed by atoms with Gasteiger partial charge < -0.3 is 26.0 Å². The fourth-order valence-corrected chi connectivity index (χ4v) is 5.25. The summed E-state index contributed by atoms with van der Waals surface area (Å²) >= 11 is 0. The van der Waals surface area contributed by atoms with Crippen LogP contribution in [0.15, 0.2) is 18.3 Å². The molecule has 2 aromatic rings. The van der Waals surface area contributed by atoms with Crippen LogP contribution in [0.3, 0.4) is 0 Å². The van der Waals surface area contributed by atoms with E-state index in [9.17, 15) is 18.0 Å². The van der Waals surface area contributed by atoms with Crippen LogP contribution in [-0.4, -0.2) is 63.7 Å². The summed E-state index contributed by atoms with van der Waals surface area (Å²) in [5.74, 6) is 0.846. The second-order valence-corrected chi connectivity index (χ2v) is 10.2. The first-order chi connectivity index (χ1) is 17.8. The Kier molecular flexibility index (Phi) is 7.68. The number of urea groups is 1. The Balaban J connectivity index is 1.04. The summed E-state index contributed by atoms with van der Waals surface area (Å²) < 4.78 is 44.3. The molecule has 1 saturated heterocycles. The Morgan fingerprint density at radius 1 is 1.00 bits per heavy atom. The SMILES string of the molecule is O=C(N[C@@H]1CCC[C@H](C(F)(F)F)C1)N[C@H]1CC[C@H](Nc2nccc(Nc3cc(C4COC4)[nH]n3)n2)CC1. The molecule has 3 fully saturated rings. The predicted molar refractivity (Wildman–Crippen MR) is 131 cm³/mol. The highest BCUT2D eigenvalue weighted by atomic mass is 19.4. The normalized spacial score (nSPS) is 26.7. The molecule has 0 aromatic carbocycles. The van der Waals surface area contributed by atoms with E-state index >= 15 is 0 Å². The van der Waals surface area contributed by atoms with Crippen molar-refractivity contribution in [1.29, 1.82) is 0 Å². The van der Waals surface area contributed by atoms with Gasteiger partial charge in [-0.2, -0.15) is 23.3 Å². The van der Waals surface area contributed by atoms with Crippen LogP contribution in [0.5, 0.6) is 0 Å². The van der Waals surface area contributed by atoms with Crippen LogP contribution in [-0.2, 0) is 4.74 Å². The highest BCUT2D eigenvalue weighted by molar-refractivity contribution is 5.74. The summed E-state index contributed by atoms with van der Waals surface area (Å²) in [5.41, 5.74) is 1.03. The van der Waals surface area contributed by atoms with E-state index in [0.717, 1.165) is 31.4 Å². The molecule has 2 aromatic heterocycles. The number of carbonyl (C=O) groups is 1. The number of H-pyrrole nitrogens is 1. The molecule has 13 heteroatoms. The molecular formula is C24H33F3N8O2. The molecule has 0 bridgehead atoms. The minimum absolute atomic E-state index is 0.0103. The van der Waals surface area contributed by atoms with Gasteiger partial charge in [-0.05, 0) is 51.0 Å². The summed E-state index contributed by atoms with van der Waals surface area (Å²) in [7, 11) is 0. The lowest BCUT2D eigenvalue weighted by Crippen LogP contribution is -2.49. The summed E-state index contributed by atoms with van der Waals surface area (Å²) in [4.78, 5) is 21.2. The number of nitrogens with one attached hydrogen (secondary N) is 5. The highest BCUT2D eigenvalue weighted by Gasteiger charge is 2.42. The third-order valence-corrected chi connectivity index (χ3v) is 7.46. The number of anilines is 3. The van der Waals surface area contributed by atoms with Crippen LogP contribution in [0.2, 0.25) is 0 Å². The predicted octanol–water partition coefficient (Wildman–Crippen LogP) is 4.20. The molecule has 10 nitrogen and oxygen atoms in total. The summed E-state index contributed by atoms with van der Waals surface area (Å²) in [6.07, 6.45) is 1.80. The third kappa shape index (κ3) is 6.82. The number of amides is 2. The first-order valence-corrected chi connectivity index (χ1v) is 12.9. The Bertz CT molecular complexity index is 1050. The molecular weight excluding hydrogens is 489 g/mol. The topological polar surface area (TPSA) is 129 Å². The zero-order chi connectivity index (χ0) is 25.8. The number of hydrogen-bond acceptors (Lipinski definition) is 7. The lowest BCUT2D eigenvalue weighted by atomic mass is 9.85. The van der Waals surface area contributed by atoms with Gasteiger partial charge in [0.2, 0.25) is 5.95 Å². The average molecular weight is 523 g/mol. The summed E-state index contributed by atoms with van der Waals surface area (Å²) in [6.45, 7) is 1.41. The van der Waals surface area contributed by atoms with E-state index in [1.165, 1.54) is 0 Å². The first kappa shape index (κ1) is 25.6. The summed E-state index contributed by atoms with van der Waals surface area (Å²) in [6, 6.07) is 3.07. The number of alkyl halides is 3. The fraction of sp³-hybridized carbons (Fsp3) is 0.667. The van der Waals surface area contributed by atoms with Gasteiger partial charge in [0, 0.05) is 42.0 Å². The van der Waals surface area contributed by atoms with Crippen molar-refractivity contribution in [3.8, 4) is 0 Å². The van der Waals surface area contributed by atoms with Gasteiger partial charge >= 0.3 is 12.2 Å². The zero-order valence-electron chi connectivity index (χ0n) is 20.5. The molecule has 5 rings (SSSR count). The third-order valence-electron chi connectivity index (χ3n) is 7.46. The second kappa shape index (κ2) is 11.1. The molecule has 3 heterocycles. The number of halogens is 3. The van der Waals surface area contributed by atoms with Crippen molar-refractivity contribution in [3.05, 3.63) is 24.0 Å². The number of nitrogens with zero attached hydrogens (tertiary/aromatic N) is 3. The van der Waals surface area contributed by atoms with E-state index in [4.69, 9.17) is 4.74 Å². The van der Waals surface area contributed by atoms with Crippen molar-refractivity contribution < 1.29 is 22.7 Å². The monoisotopic (exact) mass is 522 g/mol. The Morgan fingerprint density at radius 2 is 1.76 bits per heavy atom. The molecule has 0 unspecified atom stereocenters. The van der Waals surface area contributed by atoms with Gasteiger partial charge in [0.15, 0.2) is 5.82 Å². The zero-order valence-corrected chi connectivity index (χ0v) is 20.5. The lowest BCUT2D eigenvalue weighted by Gasteiger charge is -2.33. The number of carbonyl (C=O) groups excluding carboxylic acids is 1. The quantitative estimate of drug-likeness (QED) is 0.369. The van der Waals surface area contributed by atoms with Crippen molar-refractivity contribution in [2.24, 2.45) is 5.92 Å². The number of ether oxygens (including phenoxy) is 1. The number of hydrogen-bond donors (Lipinski definition) is 5. The molecule has 2 amide bonds. The van der Waals surface area contributed by atoms with Crippen LogP contribution in [0.4, 0.5) is 35.5 Å². The molecule has 2 atom stereocenters. The minimum atomic E-state index is -4.20. The van der Waals surface area contributed by atoms with Gasteiger partial charge in [-0.3, -0.25) is 5.10 Å². The maximum Gasteiger partial charge on any atom is 0.391 e. The molecule has 2 saturated carbocycles. The minimum Gasteiger partial charge on any atom is -0.380 e. The molecule has 1 aliphatic heterocycles. The van der Waals surface area contributed by atoms with Gasteiger partial charge in [-0.25, -0.2) is 9.78 Å². The van der Waals surface area contributed by atoms with E-state index in [0.29, 0.717) is 49.6 Å². The maximum absolute atomic E-state index is 13.0. The van der Waals surface area contributed by atoms with Crippen LogP contribution >= 0.6 is 0 Å². The first-order valence-electron chi connectivity index (χ1n) is 12.9. The Labute approximate surface area is 212 Å². The average Bonchev–Trinajstić information content (AvgIpc) is 3.26. The van der Waals surface area contributed by atoms with Crippen LogP contribution in [0, 0.1) is 5.92 Å². The molecule has 3 aliphatic rings. The van der Waals surface area contributed by atoms with Gasteiger partial charge in [0.05, 0.1) is 19.1 Å². The van der Waals surface area contributed by atoms with Crippen molar-refractivity contribution in [3.63, 3.8) is 0 Å². The van der Waals surface area contributed by atoms with E-state index in [2.05, 4.69) is 41.4 Å². The van der Waals surface area contributed by atoms with E-state index in [1.807, 2.05) is 6.07 Å². The van der Waals surface area contributed by atoms with Crippen molar-refractivity contribution >= 4 is 23.6 Å². The standard InChI is InChI=1S/C24H33F3N8O2/c25-24(26,27)15-2-1-3-18(10-15)31-23(36)30-17-6-4-16(5-7-17)29-22-28-9-8-20(33-22)32-21-11-19(34-35-21)14-12-37-13-14/h8-9,11,14-18H,1-7,10,12-13H2,(H2,30,31,36)(H3,28,29,32,33,34,35)/t15-,16-,17-,18+/m0/s1. The van der Waals surface area contributed by atoms with E-state index < -0.39 is 18.1 Å². The van der Waals surface area contributed by atoms with Crippen molar-refractivity contribution in [2.45, 2.75) is 81.6 Å². The number of aromatic nitrogens is 4. The molecule has 5 N–H and O–H groups in total. The summed E-state index contributed by atoms with van der Waals surface area (Å²) in [5, 5.41) is 19.6. The van der Waals surface area contributed by atoms with Gasteiger partial charge in [0.25, 0.3) is 0 Å². The van der Waals surface area contributed by atoms with E-state index in [1.54, 1.807) is 12.3 Å². The molecule has 0 radical (unpaired) electrons. The fourth-order valence-electron chi connectivity index (χ4n) is 5.25. The Morgan fingerprint density at radius 3 is 2.49 bits per heavy atom. The second-order valence-electron chi connectivity index (χ2n) is 10.2. The van der Waals surface area contributed by atoms with Crippen LogP contribution in [0.25, 0.3) is 0 Å². The largest absolute Gasteiger partial charge is 0.391 e. The highest BCUT2D eigenvalue weighted by Crippen LogP contribution is 2.37. The number of rotatable bonds is 7. The molecule has 0 spiro atoms.